The van der Waals surface area contributed by atoms with Gasteiger partial charge < -0.3 is 4.74 Å². The molecule has 1 saturated heterocycles. The minimum absolute atomic E-state index is 0.256. The van der Waals surface area contributed by atoms with Crippen LogP contribution in [0.2, 0.25) is 0 Å². The molecular weight excluding hydrogens is 324 g/mol. The highest BCUT2D eigenvalue weighted by molar-refractivity contribution is 5.94. The lowest BCUT2D eigenvalue weighted by Crippen LogP contribution is -2.41. The number of hydrogen-bond acceptors (Lipinski definition) is 3. The van der Waals surface area contributed by atoms with Gasteiger partial charge in [-0.2, -0.15) is 0 Å². The molecule has 2 aliphatic rings. The van der Waals surface area contributed by atoms with Crippen LogP contribution in [0.4, 0.5) is 4.79 Å². The topological polar surface area (TPSA) is 34.5 Å². The first-order chi connectivity index (χ1) is 12.4. The Morgan fingerprint density at radius 2 is 2.00 bits per heavy atom. The van der Waals surface area contributed by atoms with Crippen LogP contribution >= 0.6 is 0 Å². The molecule has 0 saturated carbocycles. The number of nitrogens with zero attached hydrogens (tertiary/aromatic N) is 2. The van der Waals surface area contributed by atoms with Crippen molar-refractivity contribution in [3.8, 4) is 0 Å². The lowest BCUT2D eigenvalue weighted by molar-refractivity contribution is 0.0523. The van der Waals surface area contributed by atoms with Gasteiger partial charge in [0.15, 0.2) is 0 Å². The van der Waals surface area contributed by atoms with Gasteiger partial charge in [0.05, 0.1) is 17.3 Å². The number of para-hydroxylation sites is 1. The van der Waals surface area contributed by atoms with Gasteiger partial charge in [0.2, 0.25) is 0 Å². The third-order valence-electron chi connectivity index (χ3n) is 5.55. The molecule has 1 aromatic heterocycles. The summed E-state index contributed by atoms with van der Waals surface area (Å²) in [4.78, 5) is 15.6. The van der Waals surface area contributed by atoms with Gasteiger partial charge >= 0.3 is 6.09 Å². The number of hydrogen-bond donors (Lipinski definition) is 0. The number of ether oxygens (including phenoxy) is 1. The SMILES string of the molecule is C/C=C1\CCC2c3c(c4ccccc4n3C(=O)OC(C)(C)C)CCN2C1. The Hall–Kier alpha value is -2.07. The maximum Gasteiger partial charge on any atom is 0.419 e. The van der Waals surface area contributed by atoms with Crippen LogP contribution in [0.1, 0.15) is 57.8 Å². The van der Waals surface area contributed by atoms with E-state index in [-0.39, 0.29) is 6.09 Å². The molecule has 4 nitrogen and oxygen atoms in total. The molecule has 2 aliphatic heterocycles. The Morgan fingerprint density at radius 3 is 2.73 bits per heavy atom. The Balaban J connectivity index is 1.86. The molecule has 0 aliphatic carbocycles. The van der Waals surface area contributed by atoms with E-state index in [2.05, 4.69) is 30.0 Å². The molecule has 1 aromatic carbocycles. The first kappa shape index (κ1) is 17.3. The van der Waals surface area contributed by atoms with Gasteiger partial charge in [-0.3, -0.25) is 4.90 Å². The molecule has 0 bridgehead atoms. The standard InChI is InChI=1S/C22H28N2O2/c1-5-15-10-11-19-20-17(12-13-23(19)14-15)16-8-6-7-9-18(16)24(20)21(25)26-22(2,3)4/h5-9,19H,10-14H2,1-4H3/b15-5+. The number of benzene rings is 1. The molecule has 2 aromatic rings. The third-order valence-corrected chi connectivity index (χ3v) is 5.55. The van der Waals surface area contributed by atoms with Crippen LogP contribution in [0.15, 0.2) is 35.9 Å². The van der Waals surface area contributed by atoms with Gasteiger partial charge in [-0.15, -0.1) is 0 Å². The van der Waals surface area contributed by atoms with E-state index in [0.717, 1.165) is 43.6 Å². The van der Waals surface area contributed by atoms with E-state index in [1.54, 1.807) is 0 Å². The van der Waals surface area contributed by atoms with Crippen LogP contribution in [0.25, 0.3) is 10.9 Å². The number of piperidine rings is 1. The number of allylic oxidation sites excluding steroid dienone is 1. The highest BCUT2D eigenvalue weighted by atomic mass is 16.6. The van der Waals surface area contributed by atoms with Crippen molar-refractivity contribution < 1.29 is 9.53 Å². The van der Waals surface area contributed by atoms with Crippen LogP contribution in [0.3, 0.4) is 0 Å². The van der Waals surface area contributed by atoms with Crippen LogP contribution in [-0.2, 0) is 11.2 Å². The number of rotatable bonds is 0. The lowest BCUT2D eigenvalue weighted by atomic mass is 9.89. The lowest BCUT2D eigenvalue weighted by Gasteiger charge is -2.41. The molecule has 3 heterocycles. The van der Waals surface area contributed by atoms with Crippen molar-refractivity contribution in [3.63, 3.8) is 0 Å². The summed E-state index contributed by atoms with van der Waals surface area (Å²) in [5.41, 5.74) is 4.46. The fraction of sp³-hybridized carbons (Fsp3) is 0.500. The maximum absolute atomic E-state index is 13.1. The number of carbonyl (C=O) groups excluding carboxylic acids is 1. The second-order valence-electron chi connectivity index (χ2n) is 8.42. The molecule has 0 radical (unpaired) electrons. The van der Waals surface area contributed by atoms with Crippen LogP contribution in [-0.4, -0.2) is 34.3 Å². The molecule has 26 heavy (non-hydrogen) atoms. The van der Waals surface area contributed by atoms with Crippen molar-refractivity contribution in [2.45, 2.75) is 58.6 Å². The van der Waals surface area contributed by atoms with Gasteiger partial charge in [0.25, 0.3) is 0 Å². The van der Waals surface area contributed by atoms with E-state index >= 15 is 0 Å². The molecule has 0 amide bonds. The molecule has 4 heteroatoms. The van der Waals surface area contributed by atoms with Gasteiger partial charge in [-0.25, -0.2) is 9.36 Å². The summed E-state index contributed by atoms with van der Waals surface area (Å²) < 4.78 is 7.63. The molecule has 1 fully saturated rings. The zero-order valence-electron chi connectivity index (χ0n) is 16.2. The predicted molar refractivity (Wildman–Crippen MR) is 105 cm³/mol. The van der Waals surface area contributed by atoms with E-state index in [4.69, 9.17) is 4.74 Å². The van der Waals surface area contributed by atoms with E-state index < -0.39 is 5.60 Å². The van der Waals surface area contributed by atoms with Gasteiger partial charge in [-0.1, -0.05) is 29.8 Å². The van der Waals surface area contributed by atoms with Crippen molar-refractivity contribution in [1.29, 1.82) is 0 Å². The largest absolute Gasteiger partial charge is 0.443 e. The molecule has 1 atom stereocenters. The second kappa shape index (κ2) is 6.27. The average Bonchev–Trinajstić information content (AvgIpc) is 2.94. The van der Waals surface area contributed by atoms with E-state index in [1.807, 2.05) is 37.5 Å². The summed E-state index contributed by atoms with van der Waals surface area (Å²) in [6.07, 6.45) is 5.14. The van der Waals surface area contributed by atoms with E-state index in [0.29, 0.717) is 6.04 Å². The van der Waals surface area contributed by atoms with E-state index in [1.165, 1.54) is 16.5 Å². The number of fused-ring (bicyclic) bond motifs is 5. The highest BCUT2D eigenvalue weighted by Crippen LogP contribution is 2.42. The van der Waals surface area contributed by atoms with Crippen molar-refractivity contribution in [3.05, 3.63) is 47.2 Å². The maximum atomic E-state index is 13.1. The quantitative estimate of drug-likeness (QED) is 0.621. The van der Waals surface area contributed by atoms with Crippen molar-refractivity contribution in [2.24, 2.45) is 0 Å². The summed E-state index contributed by atoms with van der Waals surface area (Å²) in [6, 6.07) is 8.55. The molecular formula is C22H28N2O2. The Kier molecular flexibility index (Phi) is 4.19. The average molecular weight is 352 g/mol. The summed E-state index contributed by atoms with van der Waals surface area (Å²) in [6.45, 7) is 9.97. The van der Waals surface area contributed by atoms with Gasteiger partial charge in [-0.05, 0) is 58.6 Å². The molecule has 0 spiro atoms. The molecule has 4 rings (SSSR count). The first-order valence-electron chi connectivity index (χ1n) is 9.62. The fourth-order valence-electron chi connectivity index (χ4n) is 4.43. The summed E-state index contributed by atoms with van der Waals surface area (Å²) >= 11 is 0. The smallest absolute Gasteiger partial charge is 0.419 e. The minimum atomic E-state index is -0.506. The van der Waals surface area contributed by atoms with E-state index in [9.17, 15) is 4.79 Å². The normalized spacial score (nSPS) is 22.3. The predicted octanol–water partition coefficient (Wildman–Crippen LogP) is 5.06. The Labute approximate surface area is 155 Å². The molecule has 1 unspecified atom stereocenters. The van der Waals surface area contributed by atoms with Crippen LogP contribution in [0, 0.1) is 0 Å². The summed E-state index contributed by atoms with van der Waals surface area (Å²) in [5, 5.41) is 1.20. The third kappa shape index (κ3) is 2.86. The zero-order chi connectivity index (χ0) is 18.5. The number of carbonyl (C=O) groups is 1. The van der Waals surface area contributed by atoms with Crippen LogP contribution in [0.5, 0.6) is 0 Å². The fourth-order valence-corrected chi connectivity index (χ4v) is 4.43. The highest BCUT2D eigenvalue weighted by Gasteiger charge is 2.37. The van der Waals surface area contributed by atoms with Gasteiger partial charge in [0, 0.05) is 18.5 Å². The summed E-state index contributed by atoms with van der Waals surface area (Å²) in [5.74, 6) is 0. The summed E-state index contributed by atoms with van der Waals surface area (Å²) in [7, 11) is 0. The minimum Gasteiger partial charge on any atom is -0.443 e. The number of aromatic nitrogens is 1. The van der Waals surface area contributed by atoms with Gasteiger partial charge in [0.1, 0.15) is 5.60 Å². The Morgan fingerprint density at radius 1 is 1.23 bits per heavy atom. The molecule has 0 N–H and O–H groups in total. The van der Waals surface area contributed by atoms with Crippen molar-refractivity contribution in [2.75, 3.05) is 13.1 Å². The van der Waals surface area contributed by atoms with Crippen LogP contribution < -0.4 is 0 Å². The monoisotopic (exact) mass is 352 g/mol. The van der Waals surface area contributed by atoms with Crippen molar-refractivity contribution >= 4 is 17.0 Å². The Bertz CT molecular complexity index is 885. The zero-order valence-corrected chi connectivity index (χ0v) is 16.2. The first-order valence-corrected chi connectivity index (χ1v) is 9.62. The molecule has 138 valence electrons. The van der Waals surface area contributed by atoms with Crippen molar-refractivity contribution in [1.82, 2.24) is 9.47 Å². The second-order valence-corrected chi connectivity index (χ2v) is 8.42.